The van der Waals surface area contributed by atoms with Gasteiger partial charge in [0.15, 0.2) is 0 Å². The van der Waals surface area contributed by atoms with Gasteiger partial charge in [-0.1, -0.05) is 42.5 Å². The number of rotatable bonds is 2. The Balaban J connectivity index is 2.02. The van der Waals surface area contributed by atoms with Gasteiger partial charge in [0.05, 0.1) is 0 Å². The van der Waals surface area contributed by atoms with Crippen LogP contribution < -0.4 is 5.32 Å². The van der Waals surface area contributed by atoms with Gasteiger partial charge in [-0.3, -0.25) is 0 Å². The first-order valence-electron chi connectivity index (χ1n) is 5.47. The average Bonchev–Trinajstić information content (AvgIpc) is 2.17. The van der Waals surface area contributed by atoms with Crippen LogP contribution in [0.1, 0.15) is 32.1 Å². The van der Waals surface area contributed by atoms with Crippen molar-refractivity contribution in [1.82, 2.24) is 0 Å². The minimum atomic E-state index is 0.591. The molecule has 1 saturated carbocycles. The Morgan fingerprint density at radius 3 is 2.13 bits per heavy atom. The van der Waals surface area contributed by atoms with Crippen LogP contribution in [-0.2, 0) is 0 Å². The van der Waals surface area contributed by atoms with E-state index >= 15 is 0 Å². The summed E-state index contributed by atoms with van der Waals surface area (Å²) in [5, 5.41) is 4.88. The fourth-order valence-corrected chi connectivity index (χ4v) is 2.65. The quantitative estimate of drug-likeness (QED) is 0.792. The van der Waals surface area contributed by atoms with Gasteiger partial charge in [0.25, 0.3) is 0 Å². The van der Waals surface area contributed by atoms with E-state index in [0.717, 1.165) is 5.69 Å². The maximum atomic E-state index is 5.94. The van der Waals surface area contributed by atoms with E-state index in [0.29, 0.717) is 16.1 Å². The zero-order valence-corrected chi connectivity index (χ0v) is 10.1. The number of halogens is 2. The molecule has 3 heteroatoms. The summed E-state index contributed by atoms with van der Waals surface area (Å²) in [5.41, 5.74) is 1.04. The summed E-state index contributed by atoms with van der Waals surface area (Å²) in [4.78, 5) is 0. The van der Waals surface area contributed by atoms with Crippen molar-refractivity contribution >= 4 is 28.9 Å². The molecule has 0 spiro atoms. The van der Waals surface area contributed by atoms with Crippen LogP contribution in [0.5, 0.6) is 0 Å². The third-order valence-corrected chi connectivity index (χ3v) is 3.27. The van der Waals surface area contributed by atoms with E-state index in [1.54, 1.807) is 6.07 Å². The summed E-state index contributed by atoms with van der Waals surface area (Å²) in [6.07, 6.45) is 6.53. The smallest absolute Gasteiger partial charge is 0.0441 e. The molecule has 82 valence electrons. The highest BCUT2D eigenvalue weighted by Crippen LogP contribution is 2.26. The second-order valence-electron chi connectivity index (χ2n) is 4.14. The van der Waals surface area contributed by atoms with Gasteiger partial charge in [0, 0.05) is 21.8 Å². The van der Waals surface area contributed by atoms with Crippen molar-refractivity contribution in [3.8, 4) is 0 Å². The largest absolute Gasteiger partial charge is 0.382 e. The number of anilines is 1. The third-order valence-electron chi connectivity index (χ3n) is 2.84. The average molecular weight is 244 g/mol. The summed E-state index contributed by atoms with van der Waals surface area (Å²) < 4.78 is 0. The van der Waals surface area contributed by atoms with E-state index in [1.165, 1.54) is 32.1 Å². The van der Waals surface area contributed by atoms with Gasteiger partial charge in [-0.15, -0.1) is 0 Å². The standard InChI is InChI=1S/C12H15Cl2N/c13-9-6-10(14)8-12(7-9)15-11-4-2-1-3-5-11/h6-8,11,15H,1-5H2. The van der Waals surface area contributed by atoms with Gasteiger partial charge in [0.1, 0.15) is 0 Å². The van der Waals surface area contributed by atoms with Gasteiger partial charge >= 0.3 is 0 Å². The van der Waals surface area contributed by atoms with Crippen molar-refractivity contribution in [2.24, 2.45) is 0 Å². The van der Waals surface area contributed by atoms with Crippen molar-refractivity contribution in [2.45, 2.75) is 38.1 Å². The highest BCUT2D eigenvalue weighted by molar-refractivity contribution is 6.35. The van der Waals surface area contributed by atoms with Crippen molar-refractivity contribution < 1.29 is 0 Å². The molecule has 0 amide bonds. The molecule has 1 aliphatic rings. The molecule has 0 radical (unpaired) electrons. The molecule has 2 rings (SSSR count). The first kappa shape index (κ1) is 11.1. The molecule has 0 saturated heterocycles. The molecule has 1 N–H and O–H groups in total. The number of hydrogen-bond donors (Lipinski definition) is 1. The monoisotopic (exact) mass is 243 g/mol. The molecule has 1 aromatic rings. The van der Waals surface area contributed by atoms with Gasteiger partial charge < -0.3 is 5.32 Å². The lowest BCUT2D eigenvalue weighted by molar-refractivity contribution is 0.463. The van der Waals surface area contributed by atoms with Crippen molar-refractivity contribution in [2.75, 3.05) is 5.32 Å². The van der Waals surface area contributed by atoms with E-state index in [2.05, 4.69) is 5.32 Å². The van der Waals surface area contributed by atoms with Crippen LogP contribution in [0.15, 0.2) is 18.2 Å². The lowest BCUT2D eigenvalue weighted by Gasteiger charge is -2.24. The van der Waals surface area contributed by atoms with Crippen LogP contribution in [0.2, 0.25) is 10.0 Å². The second kappa shape index (κ2) is 5.09. The molecule has 0 heterocycles. The molecular formula is C12H15Cl2N. The zero-order valence-electron chi connectivity index (χ0n) is 8.60. The maximum absolute atomic E-state index is 5.94. The summed E-state index contributed by atoms with van der Waals surface area (Å²) in [6, 6.07) is 6.22. The normalized spacial score (nSPS) is 17.7. The summed E-state index contributed by atoms with van der Waals surface area (Å²) in [5.74, 6) is 0. The summed E-state index contributed by atoms with van der Waals surface area (Å²) >= 11 is 11.9. The van der Waals surface area contributed by atoms with Gasteiger partial charge in [-0.25, -0.2) is 0 Å². The predicted molar refractivity (Wildman–Crippen MR) is 67.0 cm³/mol. The molecule has 0 bridgehead atoms. The fraction of sp³-hybridized carbons (Fsp3) is 0.500. The van der Waals surface area contributed by atoms with E-state index in [1.807, 2.05) is 12.1 Å². The van der Waals surface area contributed by atoms with Crippen LogP contribution in [0, 0.1) is 0 Å². The van der Waals surface area contributed by atoms with Crippen LogP contribution in [0.25, 0.3) is 0 Å². The fourth-order valence-electron chi connectivity index (χ4n) is 2.12. The molecule has 1 aromatic carbocycles. The van der Waals surface area contributed by atoms with Crippen molar-refractivity contribution in [1.29, 1.82) is 0 Å². The topological polar surface area (TPSA) is 12.0 Å². The first-order chi connectivity index (χ1) is 7.24. The summed E-state index contributed by atoms with van der Waals surface area (Å²) in [6.45, 7) is 0. The van der Waals surface area contributed by atoms with Gasteiger partial charge in [-0.05, 0) is 31.0 Å². The third kappa shape index (κ3) is 3.29. The van der Waals surface area contributed by atoms with Crippen LogP contribution in [0.3, 0.4) is 0 Å². The minimum absolute atomic E-state index is 0.591. The highest BCUT2D eigenvalue weighted by atomic mass is 35.5. The Bertz CT molecular complexity index is 312. The number of nitrogens with one attached hydrogen (secondary N) is 1. The SMILES string of the molecule is Clc1cc(Cl)cc(NC2CCCCC2)c1. The Morgan fingerprint density at radius 2 is 1.53 bits per heavy atom. The zero-order chi connectivity index (χ0) is 10.7. The predicted octanol–water partition coefficient (Wildman–Crippen LogP) is 4.74. The Kier molecular flexibility index (Phi) is 3.76. The number of hydrogen-bond acceptors (Lipinski definition) is 1. The Morgan fingerprint density at radius 1 is 0.933 bits per heavy atom. The molecular weight excluding hydrogens is 229 g/mol. The molecule has 0 unspecified atom stereocenters. The van der Waals surface area contributed by atoms with Gasteiger partial charge in [0.2, 0.25) is 0 Å². The van der Waals surface area contributed by atoms with E-state index < -0.39 is 0 Å². The molecule has 0 aromatic heterocycles. The highest BCUT2D eigenvalue weighted by Gasteiger charge is 2.13. The molecule has 1 nitrogen and oxygen atoms in total. The molecule has 0 atom stereocenters. The minimum Gasteiger partial charge on any atom is -0.382 e. The van der Waals surface area contributed by atoms with E-state index in [9.17, 15) is 0 Å². The second-order valence-corrected chi connectivity index (χ2v) is 5.01. The van der Waals surface area contributed by atoms with Crippen LogP contribution >= 0.6 is 23.2 Å². The number of benzene rings is 1. The van der Waals surface area contributed by atoms with Crippen molar-refractivity contribution in [3.63, 3.8) is 0 Å². The van der Waals surface area contributed by atoms with Gasteiger partial charge in [-0.2, -0.15) is 0 Å². The molecule has 15 heavy (non-hydrogen) atoms. The summed E-state index contributed by atoms with van der Waals surface area (Å²) in [7, 11) is 0. The van der Waals surface area contributed by atoms with Crippen LogP contribution in [-0.4, -0.2) is 6.04 Å². The Hall–Kier alpha value is -0.400. The lowest BCUT2D eigenvalue weighted by Crippen LogP contribution is -2.22. The van der Waals surface area contributed by atoms with Crippen LogP contribution in [0.4, 0.5) is 5.69 Å². The first-order valence-corrected chi connectivity index (χ1v) is 6.22. The Labute approximate surface area is 101 Å². The molecule has 0 aliphatic heterocycles. The maximum Gasteiger partial charge on any atom is 0.0441 e. The van der Waals surface area contributed by atoms with E-state index in [4.69, 9.17) is 23.2 Å². The van der Waals surface area contributed by atoms with E-state index in [-0.39, 0.29) is 0 Å². The molecule has 1 fully saturated rings. The van der Waals surface area contributed by atoms with Crippen molar-refractivity contribution in [3.05, 3.63) is 28.2 Å². The molecule has 1 aliphatic carbocycles. The lowest BCUT2D eigenvalue weighted by atomic mass is 9.95.